The van der Waals surface area contributed by atoms with Crippen LogP contribution in [0.25, 0.3) is 16.7 Å². The van der Waals surface area contributed by atoms with E-state index >= 15 is 0 Å². The number of aromatic nitrogens is 1. The Morgan fingerprint density at radius 3 is 2.82 bits per heavy atom. The number of hydrogen-bond donors (Lipinski definition) is 0. The maximum atomic E-state index is 5.79. The Hall–Kier alpha value is -1.35. The van der Waals surface area contributed by atoms with E-state index in [0.29, 0.717) is 0 Å². The summed E-state index contributed by atoms with van der Waals surface area (Å²) < 4.78 is 6.81. The summed E-state index contributed by atoms with van der Waals surface area (Å²) in [5, 5.41) is 0. The van der Waals surface area contributed by atoms with Gasteiger partial charge in [0.2, 0.25) is 5.89 Å². The van der Waals surface area contributed by atoms with Gasteiger partial charge in [-0.3, -0.25) is 0 Å². The number of nitrogens with zero attached hydrogens (tertiary/aromatic N) is 1. The SMILES string of the molecule is CC1=C(C)CC(c2nc3ccc(Br)cc3o2)=C1. The summed E-state index contributed by atoms with van der Waals surface area (Å²) in [6.45, 7) is 4.28. The minimum absolute atomic E-state index is 0.745. The second kappa shape index (κ2) is 3.84. The van der Waals surface area contributed by atoms with Gasteiger partial charge >= 0.3 is 0 Å². The Bertz CT molecular complexity index is 664. The summed E-state index contributed by atoms with van der Waals surface area (Å²) in [5.41, 5.74) is 5.63. The van der Waals surface area contributed by atoms with Crippen molar-refractivity contribution in [3.8, 4) is 0 Å². The van der Waals surface area contributed by atoms with Gasteiger partial charge in [-0.1, -0.05) is 33.2 Å². The smallest absolute Gasteiger partial charge is 0.223 e. The predicted octanol–water partition coefficient (Wildman–Crippen LogP) is 4.71. The third kappa shape index (κ3) is 1.84. The van der Waals surface area contributed by atoms with Gasteiger partial charge < -0.3 is 4.42 Å². The summed E-state index contributed by atoms with van der Waals surface area (Å²) in [6.07, 6.45) is 3.11. The molecule has 1 aliphatic carbocycles. The van der Waals surface area contributed by atoms with Crippen LogP contribution in [0, 0.1) is 0 Å². The highest BCUT2D eigenvalue weighted by Crippen LogP contribution is 2.33. The van der Waals surface area contributed by atoms with E-state index in [1.807, 2.05) is 18.2 Å². The molecule has 1 heterocycles. The van der Waals surface area contributed by atoms with Crippen molar-refractivity contribution < 1.29 is 4.42 Å². The van der Waals surface area contributed by atoms with Crippen molar-refractivity contribution in [3.05, 3.63) is 45.8 Å². The highest BCUT2D eigenvalue weighted by molar-refractivity contribution is 9.10. The fourth-order valence-electron chi connectivity index (χ4n) is 2.03. The summed E-state index contributed by atoms with van der Waals surface area (Å²) in [5.74, 6) is 0.745. The lowest BCUT2D eigenvalue weighted by Gasteiger charge is -1.94. The first-order valence-corrected chi connectivity index (χ1v) is 6.36. The average Bonchev–Trinajstić information content (AvgIpc) is 2.83. The molecule has 0 saturated carbocycles. The Balaban J connectivity index is 2.06. The zero-order chi connectivity index (χ0) is 12.0. The summed E-state index contributed by atoms with van der Waals surface area (Å²) >= 11 is 3.43. The molecule has 0 bridgehead atoms. The fourth-order valence-corrected chi connectivity index (χ4v) is 2.37. The van der Waals surface area contributed by atoms with Crippen LogP contribution in [-0.4, -0.2) is 4.98 Å². The number of allylic oxidation sites excluding steroid dienone is 4. The highest BCUT2D eigenvalue weighted by atomic mass is 79.9. The molecule has 1 aliphatic rings. The van der Waals surface area contributed by atoms with Crippen molar-refractivity contribution in [3.63, 3.8) is 0 Å². The molecule has 1 aromatic carbocycles. The standard InChI is InChI=1S/C14H12BrNO/c1-8-5-10(6-9(8)2)14-16-12-4-3-11(15)7-13(12)17-14/h3-5,7H,6H2,1-2H3. The minimum atomic E-state index is 0.745. The zero-order valence-electron chi connectivity index (χ0n) is 9.75. The van der Waals surface area contributed by atoms with Crippen LogP contribution in [0.5, 0.6) is 0 Å². The molecule has 0 N–H and O–H groups in total. The Morgan fingerprint density at radius 2 is 2.12 bits per heavy atom. The number of rotatable bonds is 1. The second-order valence-electron chi connectivity index (χ2n) is 4.44. The largest absolute Gasteiger partial charge is 0.436 e. The van der Waals surface area contributed by atoms with Crippen LogP contribution in [0.1, 0.15) is 26.2 Å². The molecular formula is C14H12BrNO. The molecule has 86 valence electrons. The maximum Gasteiger partial charge on any atom is 0.223 e. The summed E-state index contributed by atoms with van der Waals surface area (Å²) in [6, 6.07) is 5.90. The van der Waals surface area contributed by atoms with E-state index in [2.05, 4.69) is 40.8 Å². The molecule has 3 heteroatoms. The molecule has 2 nitrogen and oxygen atoms in total. The van der Waals surface area contributed by atoms with Crippen molar-refractivity contribution in [2.24, 2.45) is 0 Å². The van der Waals surface area contributed by atoms with Gasteiger partial charge in [0.1, 0.15) is 5.52 Å². The van der Waals surface area contributed by atoms with E-state index < -0.39 is 0 Å². The number of halogens is 1. The van der Waals surface area contributed by atoms with Gasteiger partial charge in [-0.25, -0.2) is 4.98 Å². The van der Waals surface area contributed by atoms with Gasteiger partial charge in [0, 0.05) is 10.0 Å². The number of hydrogen-bond acceptors (Lipinski definition) is 2. The quantitative estimate of drug-likeness (QED) is 0.760. The van der Waals surface area contributed by atoms with Gasteiger partial charge in [0.25, 0.3) is 0 Å². The minimum Gasteiger partial charge on any atom is -0.436 e. The van der Waals surface area contributed by atoms with Crippen LogP contribution in [0.3, 0.4) is 0 Å². The monoisotopic (exact) mass is 289 g/mol. The van der Waals surface area contributed by atoms with E-state index in [-0.39, 0.29) is 0 Å². The molecule has 0 aliphatic heterocycles. The fraction of sp³-hybridized carbons (Fsp3) is 0.214. The van der Waals surface area contributed by atoms with Gasteiger partial charge in [0.15, 0.2) is 5.58 Å². The Kier molecular flexibility index (Phi) is 2.44. The van der Waals surface area contributed by atoms with E-state index in [1.54, 1.807) is 0 Å². The van der Waals surface area contributed by atoms with Crippen molar-refractivity contribution >= 4 is 32.6 Å². The third-order valence-electron chi connectivity index (χ3n) is 3.14. The van der Waals surface area contributed by atoms with Crippen molar-refractivity contribution in [2.75, 3.05) is 0 Å². The molecule has 1 aromatic heterocycles. The maximum absolute atomic E-state index is 5.79. The van der Waals surface area contributed by atoms with Gasteiger partial charge in [-0.15, -0.1) is 0 Å². The number of benzene rings is 1. The average molecular weight is 290 g/mol. The van der Waals surface area contributed by atoms with Gasteiger partial charge in [-0.05, 0) is 38.5 Å². The Morgan fingerprint density at radius 1 is 1.29 bits per heavy atom. The zero-order valence-corrected chi connectivity index (χ0v) is 11.3. The lowest BCUT2D eigenvalue weighted by Crippen LogP contribution is -1.80. The van der Waals surface area contributed by atoms with Crippen LogP contribution >= 0.6 is 15.9 Å². The van der Waals surface area contributed by atoms with E-state index in [0.717, 1.165) is 27.9 Å². The molecule has 0 fully saturated rings. The molecule has 0 amide bonds. The normalized spacial score (nSPS) is 15.8. The van der Waals surface area contributed by atoms with Crippen LogP contribution in [0.4, 0.5) is 0 Å². The molecule has 2 aromatic rings. The lowest BCUT2D eigenvalue weighted by atomic mass is 10.1. The number of fused-ring (bicyclic) bond motifs is 1. The topological polar surface area (TPSA) is 26.0 Å². The molecule has 0 atom stereocenters. The summed E-state index contributed by atoms with van der Waals surface area (Å²) in [4.78, 5) is 4.52. The molecule has 0 saturated heterocycles. The highest BCUT2D eigenvalue weighted by Gasteiger charge is 2.16. The molecule has 0 spiro atoms. The Labute approximate surface area is 108 Å². The van der Waals surface area contributed by atoms with E-state index in [1.165, 1.54) is 16.7 Å². The van der Waals surface area contributed by atoms with Crippen LogP contribution in [0.2, 0.25) is 0 Å². The molecular weight excluding hydrogens is 278 g/mol. The van der Waals surface area contributed by atoms with Crippen LogP contribution in [0.15, 0.2) is 44.3 Å². The van der Waals surface area contributed by atoms with Crippen LogP contribution < -0.4 is 0 Å². The third-order valence-corrected chi connectivity index (χ3v) is 3.64. The van der Waals surface area contributed by atoms with Crippen molar-refractivity contribution in [1.29, 1.82) is 0 Å². The molecule has 0 unspecified atom stereocenters. The first kappa shape index (κ1) is 10.8. The van der Waals surface area contributed by atoms with Crippen molar-refractivity contribution in [1.82, 2.24) is 4.98 Å². The number of oxazole rings is 1. The second-order valence-corrected chi connectivity index (χ2v) is 5.36. The first-order valence-electron chi connectivity index (χ1n) is 5.57. The van der Waals surface area contributed by atoms with E-state index in [4.69, 9.17) is 4.42 Å². The van der Waals surface area contributed by atoms with Crippen LogP contribution in [-0.2, 0) is 0 Å². The summed E-state index contributed by atoms with van der Waals surface area (Å²) in [7, 11) is 0. The first-order chi connectivity index (χ1) is 8.13. The van der Waals surface area contributed by atoms with Crippen molar-refractivity contribution in [2.45, 2.75) is 20.3 Å². The predicted molar refractivity (Wildman–Crippen MR) is 72.7 cm³/mol. The van der Waals surface area contributed by atoms with Gasteiger partial charge in [0.05, 0.1) is 0 Å². The van der Waals surface area contributed by atoms with Gasteiger partial charge in [-0.2, -0.15) is 0 Å². The lowest BCUT2D eigenvalue weighted by molar-refractivity contribution is 0.582. The molecule has 17 heavy (non-hydrogen) atoms. The van der Waals surface area contributed by atoms with E-state index in [9.17, 15) is 0 Å². The molecule has 3 rings (SSSR count). The molecule has 0 radical (unpaired) electrons.